The Morgan fingerprint density at radius 3 is 2.60 bits per heavy atom. The highest BCUT2D eigenvalue weighted by Gasteiger charge is 2.01. The van der Waals surface area contributed by atoms with E-state index in [-0.39, 0.29) is 0 Å². The van der Waals surface area contributed by atoms with Gasteiger partial charge in [-0.15, -0.1) is 0 Å². The highest BCUT2D eigenvalue weighted by Crippen LogP contribution is 2.15. The molecule has 0 saturated carbocycles. The lowest BCUT2D eigenvalue weighted by Crippen LogP contribution is -2.01. The first kappa shape index (κ1) is 12.3. The van der Waals surface area contributed by atoms with E-state index in [1.54, 1.807) is 0 Å². The fraction of sp³-hybridized carbons (Fsp3) is 0.0625. The normalized spacial score (nSPS) is 10.6. The number of hydrogen-bond acceptors (Lipinski definition) is 3. The van der Waals surface area contributed by atoms with Gasteiger partial charge < -0.3 is 16.0 Å². The zero-order valence-electron chi connectivity index (χ0n) is 11.1. The molecule has 2 aromatic carbocycles. The van der Waals surface area contributed by atoms with Gasteiger partial charge in [0, 0.05) is 11.4 Å². The molecular formula is C16H16N4. The van der Waals surface area contributed by atoms with Crippen molar-refractivity contribution in [2.24, 2.45) is 5.73 Å². The lowest BCUT2D eigenvalue weighted by atomic mass is 10.1. The second-order valence-corrected chi connectivity index (χ2v) is 4.66. The zero-order valence-corrected chi connectivity index (χ0v) is 11.1. The van der Waals surface area contributed by atoms with Crippen molar-refractivity contribution in [2.75, 3.05) is 5.32 Å². The van der Waals surface area contributed by atoms with Crippen LogP contribution in [0.1, 0.15) is 11.4 Å². The number of benzene rings is 2. The van der Waals surface area contributed by atoms with Crippen molar-refractivity contribution >= 4 is 22.4 Å². The summed E-state index contributed by atoms with van der Waals surface area (Å²) in [4.78, 5) is 7.81. The van der Waals surface area contributed by atoms with Gasteiger partial charge in [0.2, 0.25) is 0 Å². The van der Waals surface area contributed by atoms with Crippen LogP contribution in [-0.2, 0) is 6.54 Å². The van der Waals surface area contributed by atoms with E-state index in [1.165, 1.54) is 0 Å². The SMILES string of the molecule is C=C(N)c1ccc(NCc2nc3ccccc3[nH]2)cc1. The summed E-state index contributed by atoms with van der Waals surface area (Å²) < 4.78 is 0. The van der Waals surface area contributed by atoms with E-state index in [0.29, 0.717) is 12.2 Å². The Morgan fingerprint density at radius 2 is 1.90 bits per heavy atom. The molecule has 3 rings (SSSR count). The predicted molar refractivity (Wildman–Crippen MR) is 83.1 cm³/mol. The highest BCUT2D eigenvalue weighted by atomic mass is 15.0. The molecule has 0 radical (unpaired) electrons. The number of anilines is 1. The van der Waals surface area contributed by atoms with E-state index in [1.807, 2.05) is 48.5 Å². The number of nitrogens with two attached hydrogens (primary N) is 1. The van der Waals surface area contributed by atoms with Gasteiger partial charge in [0.15, 0.2) is 0 Å². The first-order chi connectivity index (χ1) is 9.72. The second kappa shape index (κ2) is 5.09. The number of nitrogens with one attached hydrogen (secondary N) is 2. The maximum atomic E-state index is 5.64. The summed E-state index contributed by atoms with van der Waals surface area (Å²) in [5.41, 5.74) is 10.2. The smallest absolute Gasteiger partial charge is 0.126 e. The standard InChI is InChI=1S/C16H16N4/c1-11(17)12-6-8-13(9-7-12)18-10-16-19-14-4-2-3-5-15(14)20-16/h2-9,18H,1,10,17H2,(H,19,20). The third kappa shape index (κ3) is 2.49. The van der Waals surface area contributed by atoms with Gasteiger partial charge in [-0.25, -0.2) is 4.98 Å². The topological polar surface area (TPSA) is 66.7 Å². The molecule has 0 bridgehead atoms. The van der Waals surface area contributed by atoms with E-state index in [9.17, 15) is 0 Å². The highest BCUT2D eigenvalue weighted by molar-refractivity contribution is 5.74. The Kier molecular flexibility index (Phi) is 3.13. The zero-order chi connectivity index (χ0) is 13.9. The molecular weight excluding hydrogens is 248 g/mol. The molecule has 0 atom stereocenters. The third-order valence-corrected chi connectivity index (χ3v) is 3.15. The molecule has 0 aliphatic rings. The lowest BCUT2D eigenvalue weighted by Gasteiger charge is -2.05. The quantitative estimate of drug-likeness (QED) is 0.678. The van der Waals surface area contributed by atoms with E-state index in [4.69, 9.17) is 5.73 Å². The Bertz CT molecular complexity index is 708. The molecule has 0 fully saturated rings. The van der Waals surface area contributed by atoms with Gasteiger partial charge in [0.1, 0.15) is 5.82 Å². The van der Waals surface area contributed by atoms with Crippen molar-refractivity contribution in [1.82, 2.24) is 9.97 Å². The Morgan fingerprint density at radius 1 is 1.15 bits per heavy atom. The summed E-state index contributed by atoms with van der Waals surface area (Å²) in [5, 5.41) is 3.32. The van der Waals surface area contributed by atoms with Crippen LogP contribution in [0, 0.1) is 0 Å². The molecule has 100 valence electrons. The minimum atomic E-state index is 0.578. The molecule has 1 aromatic heterocycles. The molecule has 0 unspecified atom stereocenters. The van der Waals surface area contributed by atoms with Gasteiger partial charge in [-0.3, -0.25) is 0 Å². The van der Waals surface area contributed by atoms with Crippen LogP contribution >= 0.6 is 0 Å². The van der Waals surface area contributed by atoms with Gasteiger partial charge in [-0.2, -0.15) is 0 Å². The molecule has 0 saturated heterocycles. The fourth-order valence-corrected chi connectivity index (χ4v) is 2.08. The van der Waals surface area contributed by atoms with Crippen LogP contribution in [0.4, 0.5) is 5.69 Å². The molecule has 0 aliphatic carbocycles. The third-order valence-electron chi connectivity index (χ3n) is 3.15. The maximum absolute atomic E-state index is 5.64. The molecule has 0 spiro atoms. The summed E-state index contributed by atoms with van der Waals surface area (Å²) in [6.07, 6.45) is 0. The minimum absolute atomic E-state index is 0.578. The van der Waals surface area contributed by atoms with E-state index < -0.39 is 0 Å². The molecule has 20 heavy (non-hydrogen) atoms. The van der Waals surface area contributed by atoms with Crippen molar-refractivity contribution in [3.63, 3.8) is 0 Å². The van der Waals surface area contributed by atoms with Gasteiger partial charge in [-0.1, -0.05) is 30.8 Å². The van der Waals surface area contributed by atoms with Crippen LogP contribution in [0.5, 0.6) is 0 Å². The van der Waals surface area contributed by atoms with Gasteiger partial charge in [-0.05, 0) is 29.8 Å². The first-order valence-electron chi connectivity index (χ1n) is 6.45. The lowest BCUT2D eigenvalue weighted by molar-refractivity contribution is 1.01. The van der Waals surface area contributed by atoms with Crippen molar-refractivity contribution < 1.29 is 0 Å². The number of para-hydroxylation sites is 2. The summed E-state index contributed by atoms with van der Waals surface area (Å²) >= 11 is 0. The van der Waals surface area contributed by atoms with E-state index >= 15 is 0 Å². The van der Waals surface area contributed by atoms with E-state index in [0.717, 1.165) is 28.1 Å². The largest absolute Gasteiger partial charge is 0.399 e. The number of aromatic amines is 1. The number of imidazole rings is 1. The van der Waals surface area contributed by atoms with Crippen LogP contribution in [0.15, 0.2) is 55.1 Å². The molecule has 0 amide bonds. The average Bonchev–Trinajstić information content (AvgIpc) is 2.88. The number of H-pyrrole nitrogens is 1. The number of fused-ring (bicyclic) bond motifs is 1. The average molecular weight is 264 g/mol. The summed E-state index contributed by atoms with van der Waals surface area (Å²) in [5.74, 6) is 0.915. The van der Waals surface area contributed by atoms with Crippen molar-refractivity contribution in [1.29, 1.82) is 0 Å². The van der Waals surface area contributed by atoms with Crippen LogP contribution in [0.3, 0.4) is 0 Å². The predicted octanol–water partition coefficient (Wildman–Crippen LogP) is 3.10. The van der Waals surface area contributed by atoms with Crippen LogP contribution in [0.2, 0.25) is 0 Å². The fourth-order valence-electron chi connectivity index (χ4n) is 2.08. The van der Waals surface area contributed by atoms with Crippen LogP contribution in [0.25, 0.3) is 16.7 Å². The Balaban J connectivity index is 1.71. The summed E-state index contributed by atoms with van der Waals surface area (Å²) in [7, 11) is 0. The maximum Gasteiger partial charge on any atom is 0.126 e. The van der Waals surface area contributed by atoms with Crippen molar-refractivity contribution in [3.8, 4) is 0 Å². The van der Waals surface area contributed by atoms with E-state index in [2.05, 4.69) is 21.9 Å². The first-order valence-corrected chi connectivity index (χ1v) is 6.45. The van der Waals surface area contributed by atoms with Gasteiger partial charge in [0.25, 0.3) is 0 Å². The van der Waals surface area contributed by atoms with Crippen molar-refractivity contribution in [2.45, 2.75) is 6.54 Å². The van der Waals surface area contributed by atoms with Crippen molar-refractivity contribution in [3.05, 3.63) is 66.5 Å². The number of nitrogens with zero attached hydrogens (tertiary/aromatic N) is 1. The molecule has 4 nitrogen and oxygen atoms in total. The van der Waals surface area contributed by atoms with Gasteiger partial charge >= 0.3 is 0 Å². The number of aromatic nitrogens is 2. The van der Waals surface area contributed by atoms with Crippen LogP contribution < -0.4 is 11.1 Å². The monoisotopic (exact) mass is 264 g/mol. The Hall–Kier alpha value is -2.75. The molecule has 3 aromatic rings. The minimum Gasteiger partial charge on any atom is -0.399 e. The summed E-state index contributed by atoms with van der Waals surface area (Å²) in [6.45, 7) is 4.37. The molecule has 1 heterocycles. The summed E-state index contributed by atoms with van der Waals surface area (Å²) in [6, 6.07) is 15.9. The molecule has 0 aliphatic heterocycles. The second-order valence-electron chi connectivity index (χ2n) is 4.66. The Labute approximate surface area is 117 Å². The number of hydrogen-bond donors (Lipinski definition) is 3. The van der Waals surface area contributed by atoms with Gasteiger partial charge in [0.05, 0.1) is 17.6 Å². The molecule has 4 heteroatoms. The number of rotatable bonds is 4. The van der Waals surface area contributed by atoms with Crippen LogP contribution in [-0.4, -0.2) is 9.97 Å². The molecule has 4 N–H and O–H groups in total.